The molecule has 0 saturated carbocycles. The van der Waals surface area contributed by atoms with Gasteiger partial charge in [0, 0.05) is 31.9 Å². The number of piperazine rings is 1. The molecule has 1 heterocycles. The lowest BCUT2D eigenvalue weighted by Crippen LogP contribution is -2.52. The van der Waals surface area contributed by atoms with Crippen molar-refractivity contribution in [2.24, 2.45) is 0 Å². The summed E-state index contributed by atoms with van der Waals surface area (Å²) in [5.41, 5.74) is 5.36. The third-order valence-corrected chi connectivity index (χ3v) is 5.65. The molecule has 0 atom stereocenters. The van der Waals surface area contributed by atoms with Crippen molar-refractivity contribution in [2.75, 3.05) is 44.2 Å². The number of benzene rings is 2. The van der Waals surface area contributed by atoms with Gasteiger partial charge >= 0.3 is 6.03 Å². The Hall–Kier alpha value is -2.69. The Kier molecular flexibility index (Phi) is 5.70. The zero-order valence-electron chi connectivity index (χ0n) is 16.6. The molecular formula is C23H29N3O2. The topological polar surface area (TPSA) is 44.8 Å². The van der Waals surface area contributed by atoms with Crippen LogP contribution in [0, 0.1) is 6.92 Å². The van der Waals surface area contributed by atoms with E-state index in [1.165, 1.54) is 35.2 Å². The number of carbonyl (C=O) groups excluding carboxylic acids is 1. The summed E-state index contributed by atoms with van der Waals surface area (Å²) in [7, 11) is 0. The summed E-state index contributed by atoms with van der Waals surface area (Å²) < 4.78 is 5.81. The van der Waals surface area contributed by atoms with Crippen molar-refractivity contribution < 1.29 is 9.53 Å². The number of nitrogens with one attached hydrogen (secondary N) is 1. The number of amides is 2. The maximum atomic E-state index is 12.4. The smallest absolute Gasteiger partial charge is 0.317 e. The second-order valence-electron chi connectivity index (χ2n) is 7.68. The first-order valence-corrected chi connectivity index (χ1v) is 10.3. The highest BCUT2D eigenvalue weighted by Gasteiger charge is 2.21. The third-order valence-electron chi connectivity index (χ3n) is 5.65. The van der Waals surface area contributed by atoms with E-state index in [1.807, 2.05) is 11.0 Å². The van der Waals surface area contributed by atoms with Crippen LogP contribution in [0.3, 0.4) is 0 Å². The molecule has 1 saturated heterocycles. The zero-order chi connectivity index (χ0) is 19.3. The summed E-state index contributed by atoms with van der Waals surface area (Å²) >= 11 is 0. The highest BCUT2D eigenvalue weighted by molar-refractivity contribution is 5.74. The van der Waals surface area contributed by atoms with E-state index >= 15 is 0 Å². The summed E-state index contributed by atoms with van der Waals surface area (Å²) in [6, 6.07) is 14.9. The number of hydrogen-bond acceptors (Lipinski definition) is 3. The molecule has 148 valence electrons. The Bertz CT molecular complexity index is 828. The highest BCUT2D eigenvalue weighted by atomic mass is 16.5. The monoisotopic (exact) mass is 379 g/mol. The average Bonchev–Trinajstić information content (AvgIpc) is 3.19. The van der Waals surface area contributed by atoms with Gasteiger partial charge in [-0.3, -0.25) is 0 Å². The van der Waals surface area contributed by atoms with Gasteiger partial charge < -0.3 is 19.9 Å². The first kappa shape index (κ1) is 18.7. The molecule has 1 aliphatic carbocycles. The van der Waals surface area contributed by atoms with Gasteiger partial charge in [-0.05, 0) is 67.1 Å². The number of carbonyl (C=O) groups is 1. The second kappa shape index (κ2) is 8.55. The molecular weight excluding hydrogens is 350 g/mol. The van der Waals surface area contributed by atoms with Gasteiger partial charge in [-0.2, -0.15) is 0 Å². The fourth-order valence-corrected chi connectivity index (χ4v) is 4.07. The predicted molar refractivity (Wildman–Crippen MR) is 112 cm³/mol. The lowest BCUT2D eigenvalue weighted by molar-refractivity contribution is 0.191. The van der Waals surface area contributed by atoms with Crippen LogP contribution >= 0.6 is 0 Å². The average molecular weight is 380 g/mol. The van der Waals surface area contributed by atoms with E-state index < -0.39 is 0 Å². The van der Waals surface area contributed by atoms with Crippen LogP contribution in [0.15, 0.2) is 42.5 Å². The Morgan fingerprint density at radius 2 is 1.86 bits per heavy atom. The van der Waals surface area contributed by atoms with Crippen molar-refractivity contribution in [1.82, 2.24) is 10.2 Å². The van der Waals surface area contributed by atoms with Gasteiger partial charge in [0.15, 0.2) is 0 Å². The van der Waals surface area contributed by atoms with Crippen LogP contribution in [0.5, 0.6) is 5.75 Å². The molecule has 1 aliphatic heterocycles. The third kappa shape index (κ3) is 4.41. The molecule has 1 N–H and O–H groups in total. The first-order chi connectivity index (χ1) is 13.7. The maximum Gasteiger partial charge on any atom is 0.317 e. The van der Waals surface area contributed by atoms with Gasteiger partial charge in [0.25, 0.3) is 0 Å². The molecule has 0 radical (unpaired) electrons. The number of nitrogens with zero attached hydrogens (tertiary/aromatic N) is 2. The molecule has 0 unspecified atom stereocenters. The van der Waals surface area contributed by atoms with Gasteiger partial charge in [-0.15, -0.1) is 0 Å². The van der Waals surface area contributed by atoms with Gasteiger partial charge in [0.05, 0.1) is 6.54 Å². The van der Waals surface area contributed by atoms with Gasteiger partial charge in [0.1, 0.15) is 12.4 Å². The largest absolute Gasteiger partial charge is 0.492 e. The number of fused-ring (bicyclic) bond motifs is 1. The standard InChI is InChI=1S/C23H29N3O2/c1-18-4-2-7-21(16-18)25-11-13-26(14-12-25)23(27)24-10-15-28-22-9-8-19-5-3-6-20(19)17-22/h2,4,7-9,16-17H,3,5-6,10-15H2,1H3,(H,24,27). The van der Waals surface area contributed by atoms with Crippen LogP contribution in [0.4, 0.5) is 10.5 Å². The summed E-state index contributed by atoms with van der Waals surface area (Å²) in [5.74, 6) is 0.904. The Balaban J connectivity index is 1.18. The van der Waals surface area contributed by atoms with Gasteiger partial charge in [0.2, 0.25) is 0 Å². The Morgan fingerprint density at radius 1 is 1.04 bits per heavy atom. The number of anilines is 1. The van der Waals surface area contributed by atoms with E-state index in [0.717, 1.165) is 38.3 Å². The predicted octanol–water partition coefficient (Wildman–Crippen LogP) is 3.39. The molecule has 4 rings (SSSR count). The molecule has 5 nitrogen and oxygen atoms in total. The maximum absolute atomic E-state index is 12.4. The van der Waals surface area contributed by atoms with Crippen LogP contribution < -0.4 is 15.0 Å². The zero-order valence-corrected chi connectivity index (χ0v) is 16.6. The highest BCUT2D eigenvalue weighted by Crippen LogP contribution is 2.25. The minimum atomic E-state index is 0.00134. The Morgan fingerprint density at radius 3 is 2.68 bits per heavy atom. The molecule has 2 aromatic rings. The van der Waals surface area contributed by atoms with E-state index in [4.69, 9.17) is 4.74 Å². The molecule has 0 bridgehead atoms. The lowest BCUT2D eigenvalue weighted by Gasteiger charge is -2.36. The molecule has 0 spiro atoms. The van der Waals surface area contributed by atoms with Crippen LogP contribution in [0.2, 0.25) is 0 Å². The van der Waals surface area contributed by atoms with Crippen molar-refractivity contribution in [3.63, 3.8) is 0 Å². The first-order valence-electron chi connectivity index (χ1n) is 10.3. The molecule has 28 heavy (non-hydrogen) atoms. The second-order valence-corrected chi connectivity index (χ2v) is 7.68. The molecule has 0 aromatic heterocycles. The van der Waals surface area contributed by atoms with Crippen molar-refractivity contribution in [1.29, 1.82) is 0 Å². The van der Waals surface area contributed by atoms with Crippen molar-refractivity contribution in [3.8, 4) is 5.75 Å². The number of ether oxygens (including phenoxy) is 1. The number of urea groups is 1. The number of rotatable bonds is 5. The lowest BCUT2D eigenvalue weighted by atomic mass is 10.1. The molecule has 5 heteroatoms. The summed E-state index contributed by atoms with van der Waals surface area (Å²) in [5, 5.41) is 2.98. The van der Waals surface area contributed by atoms with E-state index in [9.17, 15) is 4.79 Å². The van der Waals surface area contributed by atoms with E-state index in [2.05, 4.69) is 53.5 Å². The van der Waals surface area contributed by atoms with Crippen molar-refractivity contribution in [3.05, 3.63) is 59.2 Å². The summed E-state index contributed by atoms with van der Waals surface area (Å²) in [4.78, 5) is 16.6. The SMILES string of the molecule is Cc1cccc(N2CCN(C(=O)NCCOc3ccc4c(c3)CCC4)CC2)c1. The summed E-state index contributed by atoms with van der Waals surface area (Å²) in [6.45, 7) is 6.34. The molecule has 2 aromatic carbocycles. The van der Waals surface area contributed by atoms with Crippen LogP contribution in [-0.2, 0) is 12.8 Å². The van der Waals surface area contributed by atoms with Crippen LogP contribution in [0.1, 0.15) is 23.1 Å². The van der Waals surface area contributed by atoms with Gasteiger partial charge in [-0.1, -0.05) is 18.2 Å². The summed E-state index contributed by atoms with van der Waals surface area (Å²) in [6.07, 6.45) is 3.58. The Labute approximate surface area is 167 Å². The van der Waals surface area contributed by atoms with E-state index in [0.29, 0.717) is 13.2 Å². The molecule has 1 fully saturated rings. The molecule has 2 aliphatic rings. The molecule has 2 amide bonds. The van der Waals surface area contributed by atoms with Crippen molar-refractivity contribution in [2.45, 2.75) is 26.2 Å². The van der Waals surface area contributed by atoms with Crippen LogP contribution in [-0.4, -0.2) is 50.3 Å². The van der Waals surface area contributed by atoms with E-state index in [1.54, 1.807) is 0 Å². The quantitative estimate of drug-likeness (QED) is 0.810. The number of hydrogen-bond donors (Lipinski definition) is 1. The van der Waals surface area contributed by atoms with E-state index in [-0.39, 0.29) is 6.03 Å². The minimum absolute atomic E-state index is 0.00134. The minimum Gasteiger partial charge on any atom is -0.492 e. The fourth-order valence-electron chi connectivity index (χ4n) is 4.07. The normalized spacial score (nSPS) is 16.0. The fraction of sp³-hybridized carbons (Fsp3) is 0.435. The van der Waals surface area contributed by atoms with Crippen LogP contribution in [0.25, 0.3) is 0 Å². The number of aryl methyl sites for hydroxylation is 3. The van der Waals surface area contributed by atoms with Crippen molar-refractivity contribution >= 4 is 11.7 Å². The van der Waals surface area contributed by atoms with Gasteiger partial charge in [-0.25, -0.2) is 4.79 Å².